The van der Waals surface area contributed by atoms with Crippen molar-refractivity contribution in [2.75, 3.05) is 38.0 Å². The molecule has 3 N–H and O–H groups in total. The Labute approximate surface area is 124 Å². The second-order valence-corrected chi connectivity index (χ2v) is 5.90. The highest BCUT2D eigenvalue weighted by atomic mass is 16.6. The van der Waals surface area contributed by atoms with E-state index in [-0.39, 0.29) is 16.1 Å². The molecule has 7 nitrogen and oxygen atoms in total. The van der Waals surface area contributed by atoms with Crippen LogP contribution in [0.15, 0.2) is 18.2 Å². The van der Waals surface area contributed by atoms with Crippen LogP contribution in [0.3, 0.4) is 0 Å². The van der Waals surface area contributed by atoms with Gasteiger partial charge >= 0.3 is 5.69 Å². The van der Waals surface area contributed by atoms with Gasteiger partial charge in [0.25, 0.3) is 0 Å². The summed E-state index contributed by atoms with van der Waals surface area (Å²) >= 11 is 0. The third-order valence-electron chi connectivity index (χ3n) is 4.53. The Morgan fingerprint density at radius 2 is 2.05 bits per heavy atom. The quantitative estimate of drug-likeness (QED) is 0.472. The minimum absolute atomic E-state index is 0.0238. The lowest BCUT2D eigenvalue weighted by Crippen LogP contribution is -2.56. The van der Waals surface area contributed by atoms with Gasteiger partial charge in [-0.25, -0.2) is 0 Å². The molecule has 0 unspecified atom stereocenters. The number of rotatable bonds is 6. The summed E-state index contributed by atoms with van der Waals surface area (Å²) in [5.41, 5.74) is 3.45. The molecule has 7 heteroatoms. The van der Waals surface area contributed by atoms with Gasteiger partial charge in [0.2, 0.25) is 0 Å². The van der Waals surface area contributed by atoms with Crippen LogP contribution in [-0.2, 0) is 0 Å². The smallest absolute Gasteiger partial charge is 0.316 e. The van der Waals surface area contributed by atoms with Gasteiger partial charge in [0.1, 0.15) is 11.4 Å². The first-order valence-electron chi connectivity index (χ1n) is 7.04. The number of nitro groups is 1. The molecule has 0 atom stereocenters. The predicted molar refractivity (Wildman–Crippen MR) is 84.4 cm³/mol. The Kier molecular flexibility index (Phi) is 4.34. The molecular weight excluding hydrogens is 270 g/mol. The van der Waals surface area contributed by atoms with Gasteiger partial charge in [-0.3, -0.25) is 16.0 Å². The topological polar surface area (TPSA) is 87.7 Å². The lowest BCUT2D eigenvalue weighted by Gasteiger charge is -2.49. The van der Waals surface area contributed by atoms with Crippen molar-refractivity contribution >= 4 is 17.1 Å². The number of hydrogen-bond acceptors (Lipinski definition) is 6. The summed E-state index contributed by atoms with van der Waals surface area (Å²) in [6, 6.07) is 5.15. The molecule has 1 saturated carbocycles. The van der Waals surface area contributed by atoms with E-state index in [0.717, 1.165) is 19.4 Å². The summed E-state index contributed by atoms with van der Waals surface area (Å²) in [6.45, 7) is 0.759. The van der Waals surface area contributed by atoms with Crippen molar-refractivity contribution in [1.82, 2.24) is 4.90 Å². The molecule has 0 radical (unpaired) electrons. The minimum Gasteiger partial charge on any atom is -0.367 e. The van der Waals surface area contributed by atoms with Crippen LogP contribution in [-0.4, -0.2) is 43.0 Å². The lowest BCUT2D eigenvalue weighted by atomic mass is 9.75. The van der Waals surface area contributed by atoms with Gasteiger partial charge in [-0.15, -0.1) is 0 Å². The van der Waals surface area contributed by atoms with Crippen LogP contribution in [0.4, 0.5) is 17.1 Å². The summed E-state index contributed by atoms with van der Waals surface area (Å²) in [4.78, 5) is 15.2. The maximum atomic E-state index is 11.4. The van der Waals surface area contributed by atoms with Crippen molar-refractivity contribution in [3.05, 3.63) is 28.3 Å². The molecule has 1 fully saturated rings. The number of likely N-dealkylation sites (N-methyl/N-ethyl adjacent to an activating group) is 2. The van der Waals surface area contributed by atoms with Crippen LogP contribution in [0.5, 0.6) is 0 Å². The van der Waals surface area contributed by atoms with Crippen LogP contribution in [0, 0.1) is 10.1 Å². The second-order valence-electron chi connectivity index (χ2n) is 5.90. The van der Waals surface area contributed by atoms with Gasteiger partial charge < -0.3 is 15.2 Å². The number of benzene rings is 1. The maximum Gasteiger partial charge on any atom is 0.316 e. The molecular formula is C14H23N5O2. The summed E-state index contributed by atoms with van der Waals surface area (Å²) < 4.78 is 0. The van der Waals surface area contributed by atoms with E-state index in [1.807, 2.05) is 11.9 Å². The van der Waals surface area contributed by atoms with Crippen molar-refractivity contribution in [3.8, 4) is 0 Å². The highest BCUT2D eigenvalue weighted by Gasteiger charge is 2.40. The zero-order valence-corrected chi connectivity index (χ0v) is 12.8. The Hall–Kier alpha value is -1.86. The van der Waals surface area contributed by atoms with Crippen LogP contribution in [0.25, 0.3) is 0 Å². The van der Waals surface area contributed by atoms with Crippen molar-refractivity contribution in [2.24, 2.45) is 5.84 Å². The van der Waals surface area contributed by atoms with Crippen LogP contribution in [0.2, 0.25) is 0 Å². The number of hydrogen-bond donors (Lipinski definition) is 2. The van der Waals surface area contributed by atoms with E-state index in [1.54, 1.807) is 18.2 Å². The van der Waals surface area contributed by atoms with Crippen LogP contribution >= 0.6 is 0 Å². The Balaban J connectivity index is 2.31. The summed E-state index contributed by atoms with van der Waals surface area (Å²) in [5.74, 6) is 5.39. The molecule has 2 rings (SSSR count). The summed E-state index contributed by atoms with van der Waals surface area (Å²) in [7, 11) is 6.03. The average Bonchev–Trinajstić information content (AvgIpc) is 2.40. The number of nitrogens with one attached hydrogen (secondary N) is 1. The highest BCUT2D eigenvalue weighted by Crippen LogP contribution is 2.40. The fraction of sp³-hybridized carbons (Fsp3) is 0.571. The maximum absolute atomic E-state index is 11.4. The van der Waals surface area contributed by atoms with Crippen molar-refractivity contribution in [2.45, 2.75) is 24.8 Å². The van der Waals surface area contributed by atoms with Gasteiger partial charge in [0.05, 0.1) is 4.92 Å². The number of para-hydroxylation sites is 1. The fourth-order valence-electron chi connectivity index (χ4n) is 3.01. The molecule has 0 spiro atoms. The third-order valence-corrected chi connectivity index (χ3v) is 4.53. The molecule has 0 heterocycles. The largest absolute Gasteiger partial charge is 0.367 e. The van der Waals surface area contributed by atoms with E-state index in [1.165, 1.54) is 6.42 Å². The minimum atomic E-state index is -0.385. The van der Waals surface area contributed by atoms with E-state index < -0.39 is 0 Å². The molecule has 0 aliphatic heterocycles. The van der Waals surface area contributed by atoms with Crippen molar-refractivity contribution in [3.63, 3.8) is 0 Å². The highest BCUT2D eigenvalue weighted by molar-refractivity contribution is 5.76. The van der Waals surface area contributed by atoms with Crippen molar-refractivity contribution in [1.29, 1.82) is 0 Å². The van der Waals surface area contributed by atoms with Gasteiger partial charge in [-0.2, -0.15) is 0 Å². The van der Waals surface area contributed by atoms with E-state index in [2.05, 4.69) is 24.4 Å². The van der Waals surface area contributed by atoms with Gasteiger partial charge in [0.15, 0.2) is 0 Å². The monoisotopic (exact) mass is 293 g/mol. The first-order chi connectivity index (χ1) is 9.91. The SMILES string of the molecule is CN(CC1(N(C)C)CCC1)c1cccc(NN)c1[N+](=O)[O-]. The molecule has 0 amide bonds. The Morgan fingerprint density at radius 1 is 1.38 bits per heavy atom. The summed E-state index contributed by atoms with van der Waals surface area (Å²) in [6.07, 6.45) is 3.44. The van der Waals surface area contributed by atoms with E-state index in [4.69, 9.17) is 5.84 Å². The zero-order chi connectivity index (χ0) is 15.6. The molecule has 1 aromatic rings. The molecule has 21 heavy (non-hydrogen) atoms. The first kappa shape index (κ1) is 15.5. The Bertz CT molecular complexity index is 528. The number of nitrogen functional groups attached to an aromatic ring is 1. The number of nitrogens with zero attached hydrogens (tertiary/aromatic N) is 3. The van der Waals surface area contributed by atoms with Gasteiger partial charge in [0, 0.05) is 19.1 Å². The second kappa shape index (κ2) is 5.87. The molecule has 1 aliphatic rings. The third kappa shape index (κ3) is 2.79. The number of hydrazine groups is 1. The Morgan fingerprint density at radius 3 is 2.48 bits per heavy atom. The first-order valence-corrected chi connectivity index (χ1v) is 7.04. The molecule has 0 aromatic heterocycles. The predicted octanol–water partition coefficient (Wildman–Crippen LogP) is 1.80. The van der Waals surface area contributed by atoms with Crippen LogP contribution in [0.1, 0.15) is 19.3 Å². The molecule has 116 valence electrons. The van der Waals surface area contributed by atoms with Crippen molar-refractivity contribution < 1.29 is 4.92 Å². The average molecular weight is 293 g/mol. The fourth-order valence-corrected chi connectivity index (χ4v) is 3.01. The van der Waals surface area contributed by atoms with Gasteiger partial charge in [-0.05, 0) is 45.5 Å². The van der Waals surface area contributed by atoms with E-state index in [9.17, 15) is 10.1 Å². The number of anilines is 2. The standard InChI is InChI=1S/C14H23N5O2/c1-17(2)14(8-5-9-14)10-18(3)12-7-4-6-11(16-15)13(12)19(20)21/h4,6-7,16H,5,8-10,15H2,1-3H3. The lowest BCUT2D eigenvalue weighted by molar-refractivity contribution is -0.383. The molecule has 1 aromatic carbocycles. The number of nitro benzene ring substituents is 1. The van der Waals surface area contributed by atoms with Crippen LogP contribution < -0.4 is 16.2 Å². The van der Waals surface area contributed by atoms with E-state index in [0.29, 0.717) is 11.4 Å². The van der Waals surface area contributed by atoms with Gasteiger partial charge in [-0.1, -0.05) is 6.07 Å². The molecule has 0 saturated heterocycles. The molecule has 1 aliphatic carbocycles. The molecule has 0 bridgehead atoms. The number of nitrogens with two attached hydrogens (primary N) is 1. The zero-order valence-electron chi connectivity index (χ0n) is 12.8. The normalized spacial score (nSPS) is 16.4. The van der Waals surface area contributed by atoms with E-state index >= 15 is 0 Å². The summed E-state index contributed by atoms with van der Waals surface area (Å²) in [5, 5.41) is 11.4.